The summed E-state index contributed by atoms with van der Waals surface area (Å²) in [6.07, 6.45) is 9.14. The number of carbonyl (C=O) groups excluding carboxylic acids is 1. The number of carbonyl (C=O) groups is 1. The van der Waals surface area contributed by atoms with Gasteiger partial charge in [0.1, 0.15) is 5.58 Å². The fourth-order valence-corrected chi connectivity index (χ4v) is 7.01. The number of amides is 1. The van der Waals surface area contributed by atoms with Gasteiger partial charge in [0.25, 0.3) is 5.91 Å². The van der Waals surface area contributed by atoms with E-state index in [4.69, 9.17) is 4.42 Å². The fourth-order valence-electron chi connectivity index (χ4n) is 4.99. The highest BCUT2D eigenvalue weighted by Crippen LogP contribution is 2.37. The number of sulfone groups is 1. The monoisotopic (exact) mass is 483 g/mol. The molecule has 0 saturated heterocycles. The van der Waals surface area contributed by atoms with E-state index < -0.39 is 9.84 Å². The molecule has 0 unspecified atom stereocenters. The van der Waals surface area contributed by atoms with Crippen molar-refractivity contribution in [3.05, 3.63) is 59.4 Å². The maximum absolute atomic E-state index is 13.8. The highest BCUT2D eigenvalue weighted by atomic mass is 32.2. The van der Waals surface area contributed by atoms with Crippen molar-refractivity contribution in [3.63, 3.8) is 0 Å². The number of rotatable bonds is 5. The van der Waals surface area contributed by atoms with Gasteiger partial charge in [-0.1, -0.05) is 37.5 Å². The Kier molecular flexibility index (Phi) is 6.27. The van der Waals surface area contributed by atoms with Crippen LogP contribution < -0.4 is 4.90 Å². The van der Waals surface area contributed by atoms with Crippen molar-refractivity contribution in [1.82, 2.24) is 0 Å². The SMILES string of the molecule is CS(=O)(=O)c1ccc2c(c1)CCCN2C(=O)c1oc2ccccc2c1CSC1CCCCC1. The van der Waals surface area contributed by atoms with E-state index in [1.165, 1.54) is 38.4 Å². The number of para-hydroxylation sites is 1. The number of anilines is 1. The van der Waals surface area contributed by atoms with Gasteiger partial charge in [-0.05, 0) is 55.5 Å². The maximum Gasteiger partial charge on any atom is 0.294 e. The van der Waals surface area contributed by atoms with Gasteiger partial charge in [0, 0.05) is 40.4 Å². The minimum absolute atomic E-state index is 0.140. The number of hydrogen-bond donors (Lipinski definition) is 0. The first kappa shape index (κ1) is 22.5. The van der Waals surface area contributed by atoms with Crippen molar-refractivity contribution in [2.45, 2.75) is 60.8 Å². The molecule has 1 saturated carbocycles. The van der Waals surface area contributed by atoms with Gasteiger partial charge in [-0.15, -0.1) is 0 Å². The van der Waals surface area contributed by atoms with E-state index in [1.54, 1.807) is 23.1 Å². The van der Waals surface area contributed by atoms with Crippen LogP contribution in [0, 0.1) is 0 Å². The van der Waals surface area contributed by atoms with Crippen molar-refractivity contribution in [2.75, 3.05) is 17.7 Å². The first-order valence-electron chi connectivity index (χ1n) is 11.7. The molecule has 1 amide bonds. The Balaban J connectivity index is 1.49. The predicted molar refractivity (Wildman–Crippen MR) is 134 cm³/mol. The van der Waals surface area contributed by atoms with E-state index in [-0.39, 0.29) is 5.91 Å². The molecule has 1 aromatic heterocycles. The van der Waals surface area contributed by atoms with Gasteiger partial charge < -0.3 is 9.32 Å². The van der Waals surface area contributed by atoms with Gasteiger partial charge in [-0.25, -0.2) is 8.42 Å². The second-order valence-electron chi connectivity index (χ2n) is 9.10. The summed E-state index contributed by atoms with van der Waals surface area (Å²) in [4.78, 5) is 15.8. The minimum Gasteiger partial charge on any atom is -0.451 e. The fraction of sp³-hybridized carbons (Fsp3) is 0.423. The normalized spacial score (nSPS) is 17.3. The summed E-state index contributed by atoms with van der Waals surface area (Å²) in [5.74, 6) is 1.04. The van der Waals surface area contributed by atoms with Crippen molar-refractivity contribution < 1.29 is 17.6 Å². The van der Waals surface area contributed by atoms with Crippen molar-refractivity contribution in [2.24, 2.45) is 0 Å². The zero-order valence-electron chi connectivity index (χ0n) is 18.9. The van der Waals surface area contributed by atoms with Crippen LogP contribution in [0.3, 0.4) is 0 Å². The van der Waals surface area contributed by atoms with Gasteiger partial charge in [0.2, 0.25) is 0 Å². The molecule has 2 aromatic carbocycles. The minimum atomic E-state index is -3.29. The molecule has 0 spiro atoms. The van der Waals surface area contributed by atoms with Crippen molar-refractivity contribution in [1.29, 1.82) is 0 Å². The molecule has 0 bridgehead atoms. The van der Waals surface area contributed by atoms with Gasteiger partial charge in [0.05, 0.1) is 4.90 Å². The third-order valence-electron chi connectivity index (χ3n) is 6.75. The number of nitrogens with zero attached hydrogens (tertiary/aromatic N) is 1. The van der Waals surface area contributed by atoms with Crippen LogP contribution >= 0.6 is 11.8 Å². The van der Waals surface area contributed by atoms with E-state index in [0.29, 0.717) is 22.5 Å². The first-order valence-corrected chi connectivity index (χ1v) is 14.6. The molecule has 7 heteroatoms. The number of aryl methyl sites for hydroxylation is 1. The molecule has 5 rings (SSSR count). The molecule has 1 aliphatic heterocycles. The smallest absolute Gasteiger partial charge is 0.294 e. The lowest BCUT2D eigenvalue weighted by atomic mass is 10.0. The second kappa shape index (κ2) is 9.18. The number of benzene rings is 2. The Hall–Kier alpha value is -2.25. The van der Waals surface area contributed by atoms with E-state index >= 15 is 0 Å². The molecule has 3 aromatic rings. The summed E-state index contributed by atoms with van der Waals surface area (Å²) < 4.78 is 30.2. The predicted octanol–water partition coefficient (Wildman–Crippen LogP) is 6.00. The molecule has 2 heterocycles. The molecule has 0 N–H and O–H groups in total. The summed E-state index contributed by atoms with van der Waals surface area (Å²) in [6, 6.07) is 13.0. The summed E-state index contributed by atoms with van der Waals surface area (Å²) in [5.41, 5.74) is 3.40. The standard InChI is InChI=1S/C26H29NO4S2/c1-33(29,30)20-13-14-23-18(16-20)8-7-15-27(23)26(28)25-22(17-32-19-9-3-2-4-10-19)21-11-5-6-12-24(21)31-25/h5-6,11-14,16,19H,2-4,7-10,15,17H2,1H3. The maximum atomic E-state index is 13.8. The highest BCUT2D eigenvalue weighted by Gasteiger charge is 2.30. The molecule has 1 aliphatic carbocycles. The lowest BCUT2D eigenvalue weighted by Crippen LogP contribution is -2.35. The van der Waals surface area contributed by atoms with Gasteiger partial charge in [-0.3, -0.25) is 4.79 Å². The molecule has 5 nitrogen and oxygen atoms in total. The zero-order chi connectivity index (χ0) is 23.0. The molecule has 0 atom stereocenters. The Morgan fingerprint density at radius 2 is 1.88 bits per heavy atom. The Morgan fingerprint density at radius 3 is 2.67 bits per heavy atom. The lowest BCUT2D eigenvalue weighted by Gasteiger charge is -2.29. The lowest BCUT2D eigenvalue weighted by molar-refractivity contribution is 0.0959. The van der Waals surface area contributed by atoms with Crippen molar-refractivity contribution >= 4 is 44.2 Å². The molecule has 174 valence electrons. The quantitative estimate of drug-likeness (QED) is 0.446. The average Bonchev–Trinajstić information content (AvgIpc) is 3.20. The number of thioether (sulfide) groups is 1. The summed E-state index contributed by atoms with van der Waals surface area (Å²) in [7, 11) is -3.29. The van der Waals surface area contributed by atoms with E-state index in [1.807, 2.05) is 36.0 Å². The summed E-state index contributed by atoms with van der Waals surface area (Å²) in [5, 5.41) is 1.65. The van der Waals surface area contributed by atoms with Crippen LogP contribution in [0.5, 0.6) is 0 Å². The Bertz CT molecular complexity index is 1290. The van der Waals surface area contributed by atoms with Crippen LogP contribution in [0.25, 0.3) is 11.0 Å². The van der Waals surface area contributed by atoms with Crippen LogP contribution in [-0.2, 0) is 22.0 Å². The van der Waals surface area contributed by atoms with E-state index in [9.17, 15) is 13.2 Å². The summed E-state index contributed by atoms with van der Waals surface area (Å²) >= 11 is 1.94. The third kappa shape index (κ3) is 4.58. The average molecular weight is 484 g/mol. The summed E-state index contributed by atoms with van der Waals surface area (Å²) in [6.45, 7) is 0.594. The van der Waals surface area contributed by atoms with Crippen molar-refractivity contribution in [3.8, 4) is 0 Å². The molecule has 2 aliphatic rings. The van der Waals surface area contributed by atoms with Crippen LogP contribution in [0.1, 0.15) is 60.2 Å². The van der Waals surface area contributed by atoms with Crippen LogP contribution in [-0.4, -0.2) is 32.4 Å². The molecule has 33 heavy (non-hydrogen) atoms. The highest BCUT2D eigenvalue weighted by molar-refractivity contribution is 7.99. The Morgan fingerprint density at radius 1 is 1.09 bits per heavy atom. The Labute approximate surface area is 199 Å². The second-order valence-corrected chi connectivity index (χ2v) is 12.4. The first-order chi connectivity index (χ1) is 15.9. The van der Waals surface area contributed by atoms with Gasteiger partial charge in [0.15, 0.2) is 15.6 Å². The molecular weight excluding hydrogens is 454 g/mol. The van der Waals surface area contributed by atoms with E-state index in [0.717, 1.165) is 46.4 Å². The van der Waals surface area contributed by atoms with E-state index in [2.05, 4.69) is 0 Å². The third-order valence-corrected chi connectivity index (χ3v) is 9.26. The molecule has 1 fully saturated rings. The van der Waals surface area contributed by atoms with Gasteiger partial charge >= 0.3 is 0 Å². The van der Waals surface area contributed by atoms with Crippen LogP contribution in [0.2, 0.25) is 0 Å². The number of furan rings is 1. The number of hydrogen-bond acceptors (Lipinski definition) is 5. The topological polar surface area (TPSA) is 67.6 Å². The van der Waals surface area contributed by atoms with Crippen LogP contribution in [0.4, 0.5) is 5.69 Å². The van der Waals surface area contributed by atoms with Gasteiger partial charge in [-0.2, -0.15) is 11.8 Å². The largest absolute Gasteiger partial charge is 0.451 e. The number of fused-ring (bicyclic) bond motifs is 2. The zero-order valence-corrected chi connectivity index (χ0v) is 20.5. The van der Waals surface area contributed by atoms with Crippen LogP contribution in [0.15, 0.2) is 51.8 Å². The molecule has 0 radical (unpaired) electrons. The molecular formula is C26H29NO4S2.